The van der Waals surface area contributed by atoms with Gasteiger partial charge in [-0.05, 0) is 92.3 Å². The fraction of sp³-hybridized carbons (Fsp3) is 0.720. The molecule has 2 aliphatic rings. The first-order valence-corrected chi connectivity index (χ1v) is 12.2. The minimum Gasteiger partial charge on any atom is -0.352 e. The Bertz CT molecular complexity index is 938. The summed E-state index contributed by atoms with van der Waals surface area (Å²) in [7, 11) is 0. The van der Waals surface area contributed by atoms with Crippen molar-refractivity contribution in [3.05, 3.63) is 23.0 Å². The molecule has 1 atom stereocenters. The van der Waals surface area contributed by atoms with E-state index in [-0.39, 0.29) is 11.4 Å². The lowest BCUT2D eigenvalue weighted by Gasteiger charge is -2.33. The van der Waals surface area contributed by atoms with Gasteiger partial charge in [0.2, 0.25) is 0 Å². The predicted octanol–water partition coefficient (Wildman–Crippen LogP) is 4.76. The minimum absolute atomic E-state index is 0.0113. The standard InChI is InChI=1S/C25H39N5O/c1-17-10-6-8-14-29(17)15-9-7-13-26-24(31)20-16-21(19-11-12-19)27-23-22(20)18(2)28-30(23)25(3,4)5/h16-17,19H,6-15H2,1-5H3,(H,26,31). The summed E-state index contributed by atoms with van der Waals surface area (Å²) in [5.41, 5.74) is 3.33. The number of aromatic nitrogens is 3. The first-order valence-electron chi connectivity index (χ1n) is 12.2. The molecule has 1 saturated heterocycles. The van der Waals surface area contributed by atoms with Crippen LogP contribution in [-0.4, -0.2) is 51.2 Å². The van der Waals surface area contributed by atoms with Gasteiger partial charge in [-0.2, -0.15) is 5.10 Å². The van der Waals surface area contributed by atoms with Crippen molar-refractivity contribution in [2.45, 2.75) is 97.1 Å². The van der Waals surface area contributed by atoms with E-state index in [0.717, 1.165) is 66.8 Å². The van der Waals surface area contributed by atoms with Crippen LogP contribution in [0.15, 0.2) is 6.07 Å². The van der Waals surface area contributed by atoms with E-state index in [1.165, 1.54) is 25.8 Å². The van der Waals surface area contributed by atoms with Crippen molar-refractivity contribution in [1.29, 1.82) is 0 Å². The van der Waals surface area contributed by atoms with Crippen molar-refractivity contribution in [2.24, 2.45) is 0 Å². The van der Waals surface area contributed by atoms with E-state index < -0.39 is 0 Å². The summed E-state index contributed by atoms with van der Waals surface area (Å²) in [6.45, 7) is 13.8. The van der Waals surface area contributed by atoms with E-state index in [1.807, 2.05) is 17.7 Å². The molecule has 0 bridgehead atoms. The van der Waals surface area contributed by atoms with Gasteiger partial charge in [0, 0.05) is 24.2 Å². The number of fused-ring (bicyclic) bond motifs is 1. The molecule has 2 fully saturated rings. The zero-order valence-electron chi connectivity index (χ0n) is 20.0. The largest absolute Gasteiger partial charge is 0.352 e. The number of rotatable bonds is 7. The Hall–Kier alpha value is -1.95. The Morgan fingerprint density at radius 3 is 2.65 bits per heavy atom. The first kappa shape index (κ1) is 22.3. The Morgan fingerprint density at radius 2 is 1.97 bits per heavy atom. The lowest BCUT2D eigenvalue weighted by Crippen LogP contribution is -2.38. The van der Waals surface area contributed by atoms with E-state index in [9.17, 15) is 4.79 Å². The van der Waals surface area contributed by atoms with Crippen LogP contribution in [0.25, 0.3) is 11.0 Å². The van der Waals surface area contributed by atoms with Gasteiger partial charge in [-0.25, -0.2) is 9.67 Å². The summed E-state index contributed by atoms with van der Waals surface area (Å²) in [5, 5.41) is 8.84. The van der Waals surface area contributed by atoms with Crippen molar-refractivity contribution in [3.8, 4) is 0 Å². The number of aryl methyl sites for hydroxylation is 1. The molecule has 0 spiro atoms. The van der Waals surface area contributed by atoms with Crippen molar-refractivity contribution >= 4 is 16.9 Å². The first-order chi connectivity index (χ1) is 14.8. The van der Waals surface area contributed by atoms with E-state index in [0.29, 0.717) is 12.0 Å². The number of nitrogens with zero attached hydrogens (tertiary/aromatic N) is 4. The smallest absolute Gasteiger partial charge is 0.252 e. The van der Waals surface area contributed by atoms with E-state index in [2.05, 4.69) is 37.9 Å². The topological polar surface area (TPSA) is 63.1 Å². The van der Waals surface area contributed by atoms with Gasteiger partial charge in [0.25, 0.3) is 5.91 Å². The van der Waals surface area contributed by atoms with Crippen molar-refractivity contribution in [2.75, 3.05) is 19.6 Å². The summed E-state index contributed by atoms with van der Waals surface area (Å²) in [6, 6.07) is 2.73. The summed E-state index contributed by atoms with van der Waals surface area (Å²) in [4.78, 5) is 20.7. The van der Waals surface area contributed by atoms with Gasteiger partial charge in [0.15, 0.2) is 5.65 Å². The fourth-order valence-electron chi connectivity index (χ4n) is 4.77. The quantitative estimate of drug-likeness (QED) is 0.650. The molecule has 0 radical (unpaired) electrons. The van der Waals surface area contributed by atoms with Crippen LogP contribution in [0.3, 0.4) is 0 Å². The maximum Gasteiger partial charge on any atom is 0.252 e. The molecule has 4 rings (SSSR count). The Morgan fingerprint density at radius 1 is 1.19 bits per heavy atom. The molecule has 1 amide bonds. The molecule has 2 aromatic heterocycles. The SMILES string of the molecule is Cc1nn(C(C)(C)C)c2nc(C3CC3)cc(C(=O)NCCCCN3CCCCC3C)c12. The van der Waals surface area contributed by atoms with Crippen LogP contribution in [0.2, 0.25) is 0 Å². The number of likely N-dealkylation sites (tertiary alicyclic amines) is 1. The molecule has 0 aromatic carbocycles. The Balaban J connectivity index is 1.45. The van der Waals surface area contributed by atoms with Crippen LogP contribution in [0.1, 0.15) is 100 Å². The van der Waals surface area contributed by atoms with Crippen LogP contribution in [0.5, 0.6) is 0 Å². The number of piperidine rings is 1. The molecule has 1 unspecified atom stereocenters. The van der Waals surface area contributed by atoms with Crippen LogP contribution >= 0.6 is 0 Å². The number of nitrogens with one attached hydrogen (secondary N) is 1. The van der Waals surface area contributed by atoms with Gasteiger partial charge in [-0.3, -0.25) is 4.79 Å². The van der Waals surface area contributed by atoms with Crippen LogP contribution in [-0.2, 0) is 5.54 Å². The third kappa shape index (κ3) is 4.94. The maximum atomic E-state index is 13.2. The number of carbonyl (C=O) groups is 1. The van der Waals surface area contributed by atoms with Crippen molar-refractivity contribution < 1.29 is 4.79 Å². The molecular formula is C25H39N5O. The second-order valence-electron chi connectivity index (χ2n) is 10.6. The molecule has 2 aromatic rings. The highest BCUT2D eigenvalue weighted by Crippen LogP contribution is 2.41. The van der Waals surface area contributed by atoms with Gasteiger partial charge >= 0.3 is 0 Å². The van der Waals surface area contributed by atoms with Gasteiger partial charge in [0.1, 0.15) is 0 Å². The highest BCUT2D eigenvalue weighted by molar-refractivity contribution is 6.06. The third-order valence-corrected chi connectivity index (χ3v) is 6.81. The average Bonchev–Trinajstić information content (AvgIpc) is 3.51. The molecular weight excluding hydrogens is 386 g/mol. The zero-order valence-corrected chi connectivity index (χ0v) is 20.0. The number of pyridine rings is 1. The van der Waals surface area contributed by atoms with Gasteiger partial charge in [-0.1, -0.05) is 6.42 Å². The summed E-state index contributed by atoms with van der Waals surface area (Å²) in [6.07, 6.45) is 8.48. The van der Waals surface area contributed by atoms with Crippen LogP contribution in [0.4, 0.5) is 0 Å². The number of carbonyl (C=O) groups excluding carboxylic acids is 1. The Labute approximate surface area is 186 Å². The predicted molar refractivity (Wildman–Crippen MR) is 126 cm³/mol. The van der Waals surface area contributed by atoms with Crippen LogP contribution < -0.4 is 5.32 Å². The monoisotopic (exact) mass is 425 g/mol. The molecule has 1 aliphatic carbocycles. The highest BCUT2D eigenvalue weighted by atomic mass is 16.1. The molecule has 1 aliphatic heterocycles. The second kappa shape index (κ2) is 8.89. The molecule has 6 nitrogen and oxygen atoms in total. The third-order valence-electron chi connectivity index (χ3n) is 6.81. The molecule has 6 heteroatoms. The molecule has 170 valence electrons. The number of hydrogen-bond acceptors (Lipinski definition) is 4. The van der Waals surface area contributed by atoms with E-state index >= 15 is 0 Å². The maximum absolute atomic E-state index is 13.2. The van der Waals surface area contributed by atoms with Crippen molar-refractivity contribution in [3.63, 3.8) is 0 Å². The lowest BCUT2D eigenvalue weighted by atomic mass is 10.0. The van der Waals surface area contributed by atoms with Crippen molar-refractivity contribution in [1.82, 2.24) is 25.0 Å². The highest BCUT2D eigenvalue weighted by Gasteiger charge is 2.30. The zero-order chi connectivity index (χ0) is 22.2. The summed E-state index contributed by atoms with van der Waals surface area (Å²) < 4.78 is 1.99. The van der Waals surface area contributed by atoms with E-state index in [4.69, 9.17) is 10.1 Å². The van der Waals surface area contributed by atoms with E-state index in [1.54, 1.807) is 0 Å². The average molecular weight is 426 g/mol. The fourth-order valence-corrected chi connectivity index (χ4v) is 4.77. The Kier molecular flexibility index (Phi) is 6.38. The summed E-state index contributed by atoms with van der Waals surface area (Å²) in [5.74, 6) is 0.503. The molecule has 3 heterocycles. The summed E-state index contributed by atoms with van der Waals surface area (Å²) >= 11 is 0. The molecule has 1 N–H and O–H groups in total. The second-order valence-corrected chi connectivity index (χ2v) is 10.6. The normalized spacial score (nSPS) is 20.4. The van der Waals surface area contributed by atoms with Crippen LogP contribution in [0, 0.1) is 6.92 Å². The lowest BCUT2D eigenvalue weighted by molar-refractivity contribution is 0.0953. The number of hydrogen-bond donors (Lipinski definition) is 1. The van der Waals surface area contributed by atoms with Gasteiger partial charge < -0.3 is 10.2 Å². The minimum atomic E-state index is -0.180. The molecule has 1 saturated carbocycles. The number of unbranched alkanes of at least 4 members (excludes halogenated alkanes) is 1. The van der Waals surface area contributed by atoms with Gasteiger partial charge in [-0.15, -0.1) is 0 Å². The number of amides is 1. The molecule has 31 heavy (non-hydrogen) atoms. The van der Waals surface area contributed by atoms with Gasteiger partial charge in [0.05, 0.1) is 22.2 Å².